The van der Waals surface area contributed by atoms with Crippen LogP contribution in [0.1, 0.15) is 41.7 Å². The Labute approximate surface area is 169 Å². The largest absolute Gasteiger partial charge is 0.344 e. The van der Waals surface area contributed by atoms with Gasteiger partial charge in [-0.3, -0.25) is 9.69 Å². The molecule has 0 spiro atoms. The van der Waals surface area contributed by atoms with Gasteiger partial charge in [-0.15, -0.1) is 0 Å². The molecule has 1 amide bonds. The molecule has 26 heavy (non-hydrogen) atoms. The van der Waals surface area contributed by atoms with Crippen LogP contribution in [0.25, 0.3) is 0 Å². The smallest absolute Gasteiger partial charge is 0.253 e. The standard InChI is InChI=1S/C20H21Cl3N2O/c1-13-6-5-9-25(13)12-18(14-7-3-2-4-8-14)24-20(26)16-10-15(21)11-17(22)19(16)23/h2-4,7-8,10-11,13,18H,5-6,9,12H2,1H3,(H,24,26)/t13?,18-/m1/s1. The minimum Gasteiger partial charge on any atom is -0.344 e. The third-order valence-corrected chi connectivity index (χ3v) is 5.87. The van der Waals surface area contributed by atoms with Crippen LogP contribution in [0.3, 0.4) is 0 Å². The third kappa shape index (κ3) is 4.52. The highest BCUT2D eigenvalue weighted by Gasteiger charge is 2.26. The monoisotopic (exact) mass is 410 g/mol. The van der Waals surface area contributed by atoms with Crippen LogP contribution in [-0.2, 0) is 0 Å². The maximum Gasteiger partial charge on any atom is 0.253 e. The summed E-state index contributed by atoms with van der Waals surface area (Å²) in [6.45, 7) is 4.03. The predicted octanol–water partition coefficient (Wildman–Crippen LogP) is 5.60. The van der Waals surface area contributed by atoms with Crippen LogP contribution in [-0.4, -0.2) is 29.9 Å². The molecule has 2 aromatic carbocycles. The van der Waals surface area contributed by atoms with Gasteiger partial charge in [-0.1, -0.05) is 65.1 Å². The molecule has 1 heterocycles. The summed E-state index contributed by atoms with van der Waals surface area (Å²) < 4.78 is 0. The van der Waals surface area contributed by atoms with Crippen molar-refractivity contribution in [3.63, 3.8) is 0 Å². The van der Waals surface area contributed by atoms with Crippen LogP contribution < -0.4 is 5.32 Å². The van der Waals surface area contributed by atoms with E-state index in [0.29, 0.717) is 16.6 Å². The van der Waals surface area contributed by atoms with Gasteiger partial charge < -0.3 is 5.32 Å². The van der Waals surface area contributed by atoms with Crippen molar-refractivity contribution in [3.8, 4) is 0 Å². The van der Waals surface area contributed by atoms with Crippen molar-refractivity contribution in [2.24, 2.45) is 0 Å². The number of nitrogens with zero attached hydrogens (tertiary/aromatic N) is 1. The van der Waals surface area contributed by atoms with E-state index in [4.69, 9.17) is 34.8 Å². The van der Waals surface area contributed by atoms with Gasteiger partial charge >= 0.3 is 0 Å². The lowest BCUT2D eigenvalue weighted by Gasteiger charge is -2.28. The molecule has 0 bridgehead atoms. The Balaban J connectivity index is 1.84. The number of hydrogen-bond donors (Lipinski definition) is 1. The lowest BCUT2D eigenvalue weighted by Crippen LogP contribution is -2.39. The molecule has 0 aromatic heterocycles. The first-order valence-electron chi connectivity index (χ1n) is 8.70. The first-order chi connectivity index (χ1) is 12.5. The molecule has 3 rings (SSSR count). The fourth-order valence-corrected chi connectivity index (χ4v) is 4.06. The van der Waals surface area contributed by atoms with Crippen LogP contribution in [0.15, 0.2) is 42.5 Å². The van der Waals surface area contributed by atoms with Gasteiger partial charge in [-0.25, -0.2) is 0 Å². The van der Waals surface area contributed by atoms with Crippen LogP contribution in [0.5, 0.6) is 0 Å². The summed E-state index contributed by atoms with van der Waals surface area (Å²) in [6.07, 6.45) is 2.37. The van der Waals surface area contributed by atoms with Crippen molar-refractivity contribution in [2.45, 2.75) is 31.8 Å². The van der Waals surface area contributed by atoms with Gasteiger partial charge in [0.15, 0.2) is 0 Å². The topological polar surface area (TPSA) is 32.3 Å². The summed E-state index contributed by atoms with van der Waals surface area (Å²) in [5, 5.41) is 3.98. The van der Waals surface area contributed by atoms with Gasteiger partial charge in [0.2, 0.25) is 0 Å². The number of likely N-dealkylation sites (tertiary alicyclic amines) is 1. The number of nitrogens with one attached hydrogen (secondary N) is 1. The second-order valence-electron chi connectivity index (χ2n) is 6.67. The van der Waals surface area contributed by atoms with Crippen LogP contribution in [0.4, 0.5) is 0 Å². The molecular formula is C20H21Cl3N2O. The maximum atomic E-state index is 12.9. The van der Waals surface area contributed by atoms with E-state index in [1.165, 1.54) is 18.9 Å². The molecule has 0 radical (unpaired) electrons. The Morgan fingerprint density at radius 1 is 1.23 bits per heavy atom. The van der Waals surface area contributed by atoms with E-state index in [2.05, 4.69) is 17.1 Å². The Morgan fingerprint density at radius 3 is 2.62 bits per heavy atom. The summed E-state index contributed by atoms with van der Waals surface area (Å²) in [5.41, 5.74) is 1.35. The molecular weight excluding hydrogens is 391 g/mol. The summed E-state index contributed by atoms with van der Waals surface area (Å²) in [7, 11) is 0. The first kappa shape index (κ1) is 19.5. The van der Waals surface area contributed by atoms with Gasteiger partial charge in [-0.05, 0) is 44.0 Å². The maximum absolute atomic E-state index is 12.9. The fourth-order valence-electron chi connectivity index (χ4n) is 3.38. The zero-order valence-corrected chi connectivity index (χ0v) is 16.8. The highest BCUT2D eigenvalue weighted by molar-refractivity contribution is 6.45. The average Bonchev–Trinajstić information content (AvgIpc) is 3.03. The second-order valence-corrected chi connectivity index (χ2v) is 7.89. The van der Waals surface area contributed by atoms with E-state index in [1.54, 1.807) is 6.07 Å². The Kier molecular flexibility index (Phi) is 6.46. The average molecular weight is 412 g/mol. The molecule has 0 saturated carbocycles. The van der Waals surface area contributed by atoms with E-state index >= 15 is 0 Å². The Morgan fingerprint density at radius 2 is 1.96 bits per heavy atom. The highest BCUT2D eigenvalue weighted by Crippen LogP contribution is 2.30. The zero-order chi connectivity index (χ0) is 18.7. The minimum atomic E-state index is -0.278. The lowest BCUT2D eigenvalue weighted by molar-refractivity contribution is 0.0923. The molecule has 138 valence electrons. The number of benzene rings is 2. The normalized spacial score (nSPS) is 18.7. The molecule has 6 heteroatoms. The van der Waals surface area contributed by atoms with Crippen molar-refractivity contribution in [3.05, 3.63) is 68.7 Å². The number of rotatable bonds is 5. The highest BCUT2D eigenvalue weighted by atomic mass is 35.5. The Hall–Kier alpha value is -1.26. The van der Waals surface area contributed by atoms with E-state index in [1.807, 2.05) is 30.3 Å². The fraction of sp³-hybridized carbons (Fsp3) is 0.350. The lowest BCUT2D eigenvalue weighted by atomic mass is 10.0. The summed E-state index contributed by atoms with van der Waals surface area (Å²) in [6, 6.07) is 13.4. The van der Waals surface area contributed by atoms with Gasteiger partial charge in [-0.2, -0.15) is 0 Å². The summed E-state index contributed by atoms with van der Waals surface area (Å²) in [4.78, 5) is 15.3. The molecule has 0 aliphatic carbocycles. The molecule has 1 unspecified atom stereocenters. The van der Waals surface area contributed by atoms with E-state index in [-0.39, 0.29) is 22.0 Å². The number of amides is 1. The van der Waals surface area contributed by atoms with Crippen molar-refractivity contribution in [1.29, 1.82) is 0 Å². The SMILES string of the molecule is CC1CCCN1C[C@@H](NC(=O)c1cc(Cl)cc(Cl)c1Cl)c1ccccc1. The second kappa shape index (κ2) is 8.62. The summed E-state index contributed by atoms with van der Waals surface area (Å²) >= 11 is 18.3. The Bertz CT molecular complexity index is 782. The summed E-state index contributed by atoms with van der Waals surface area (Å²) in [5.74, 6) is -0.278. The minimum absolute atomic E-state index is 0.141. The molecule has 2 aromatic rings. The number of carbonyl (C=O) groups excluding carboxylic acids is 1. The van der Waals surface area contributed by atoms with Crippen LogP contribution >= 0.6 is 34.8 Å². The molecule has 1 aliphatic heterocycles. The number of hydrogen-bond acceptors (Lipinski definition) is 2. The first-order valence-corrected chi connectivity index (χ1v) is 9.83. The van der Waals surface area contributed by atoms with Crippen molar-refractivity contribution < 1.29 is 4.79 Å². The van der Waals surface area contributed by atoms with Gasteiger partial charge in [0.1, 0.15) is 0 Å². The number of halogens is 3. The van der Waals surface area contributed by atoms with Gasteiger partial charge in [0, 0.05) is 17.6 Å². The number of carbonyl (C=O) groups is 1. The van der Waals surface area contributed by atoms with Crippen molar-refractivity contribution in [2.75, 3.05) is 13.1 Å². The molecule has 3 nitrogen and oxygen atoms in total. The molecule has 2 atom stereocenters. The molecule has 1 aliphatic rings. The van der Waals surface area contributed by atoms with E-state index in [9.17, 15) is 4.79 Å². The molecule has 1 N–H and O–H groups in total. The molecule has 1 fully saturated rings. The van der Waals surface area contributed by atoms with Crippen LogP contribution in [0.2, 0.25) is 15.1 Å². The zero-order valence-electron chi connectivity index (χ0n) is 14.5. The van der Waals surface area contributed by atoms with Gasteiger partial charge in [0.25, 0.3) is 5.91 Å². The molecule has 1 saturated heterocycles. The third-order valence-electron chi connectivity index (χ3n) is 4.85. The van der Waals surface area contributed by atoms with E-state index in [0.717, 1.165) is 18.7 Å². The quantitative estimate of drug-likeness (QED) is 0.649. The van der Waals surface area contributed by atoms with Crippen molar-refractivity contribution in [1.82, 2.24) is 10.2 Å². The van der Waals surface area contributed by atoms with Crippen LogP contribution in [0, 0.1) is 0 Å². The van der Waals surface area contributed by atoms with Crippen molar-refractivity contribution >= 4 is 40.7 Å². The van der Waals surface area contributed by atoms with Gasteiger partial charge in [0.05, 0.1) is 21.7 Å². The predicted molar refractivity (Wildman–Crippen MR) is 108 cm³/mol. The van der Waals surface area contributed by atoms with E-state index < -0.39 is 0 Å².